The van der Waals surface area contributed by atoms with Gasteiger partial charge in [0.1, 0.15) is 5.82 Å². The lowest BCUT2D eigenvalue weighted by Crippen LogP contribution is -2.43. The molecule has 3 N–H and O–H groups in total. The second kappa shape index (κ2) is 9.66. The maximum atomic E-state index is 13.8. The molecule has 2 aromatic rings. The number of aryl methyl sites for hydroxylation is 1. The zero-order valence-corrected chi connectivity index (χ0v) is 18.6. The highest BCUT2D eigenvalue weighted by molar-refractivity contribution is 7.90. The van der Waals surface area contributed by atoms with Gasteiger partial charge in [0.05, 0.1) is 10.5 Å². The molecule has 0 heterocycles. The van der Waals surface area contributed by atoms with Crippen LogP contribution >= 0.6 is 11.6 Å². The summed E-state index contributed by atoms with van der Waals surface area (Å²) in [5, 5.41) is 5.16. The van der Waals surface area contributed by atoms with Crippen LogP contribution in [-0.2, 0) is 26.2 Å². The Morgan fingerprint density at radius 1 is 1.06 bits per heavy atom. The van der Waals surface area contributed by atoms with Gasteiger partial charge in [0.15, 0.2) is 0 Å². The molecule has 32 heavy (non-hydrogen) atoms. The number of hydrogen-bond donors (Lipinski definition) is 3. The van der Waals surface area contributed by atoms with Crippen molar-refractivity contribution in [3.8, 4) is 0 Å². The molecule has 8 nitrogen and oxygen atoms in total. The molecule has 0 spiro atoms. The van der Waals surface area contributed by atoms with E-state index in [2.05, 4.69) is 10.6 Å². The Kier molecular flexibility index (Phi) is 7.15. The van der Waals surface area contributed by atoms with Gasteiger partial charge in [-0.15, -0.1) is 0 Å². The van der Waals surface area contributed by atoms with Gasteiger partial charge in [-0.25, -0.2) is 17.5 Å². The van der Waals surface area contributed by atoms with E-state index >= 15 is 0 Å². The molecule has 0 bridgehead atoms. The largest absolute Gasteiger partial charge is 0.348 e. The Bertz CT molecular complexity index is 1180. The Morgan fingerprint density at radius 2 is 1.78 bits per heavy atom. The summed E-state index contributed by atoms with van der Waals surface area (Å²) in [6, 6.07) is 7.62. The molecule has 1 aliphatic carbocycles. The zero-order chi connectivity index (χ0) is 23.5. The predicted molar refractivity (Wildman–Crippen MR) is 115 cm³/mol. The highest BCUT2D eigenvalue weighted by Gasteiger charge is 2.26. The van der Waals surface area contributed by atoms with Crippen LogP contribution in [0.25, 0.3) is 0 Å². The molecule has 11 heteroatoms. The monoisotopic (exact) mass is 481 g/mol. The van der Waals surface area contributed by atoms with Crippen LogP contribution in [0, 0.1) is 18.7 Å². The van der Waals surface area contributed by atoms with Crippen molar-refractivity contribution in [1.82, 2.24) is 15.4 Å². The summed E-state index contributed by atoms with van der Waals surface area (Å²) < 4.78 is 40.4. The van der Waals surface area contributed by atoms with E-state index in [9.17, 15) is 27.2 Å². The van der Waals surface area contributed by atoms with Crippen LogP contribution in [-0.4, -0.2) is 32.7 Å². The van der Waals surface area contributed by atoms with Gasteiger partial charge in [-0.2, -0.15) is 0 Å². The fourth-order valence-electron chi connectivity index (χ4n) is 2.84. The SMILES string of the molecule is Cc1cc(S(=O)(=O)NC(=O)C(=O)NCC2CC2)ccc1CNC(=O)c1cc(Cl)ccc1F. The van der Waals surface area contributed by atoms with Gasteiger partial charge in [0.25, 0.3) is 15.9 Å². The molecular formula is C21H21ClFN3O5S. The number of sulfonamides is 1. The number of carbonyl (C=O) groups is 3. The minimum absolute atomic E-state index is 0.00682. The molecule has 0 aliphatic heterocycles. The standard InChI is InChI=1S/C21H21ClFN3O5S/c1-12-8-16(32(30,31)26-21(29)20(28)24-10-13-2-3-13)6-4-14(12)11-25-19(27)17-9-15(22)5-7-18(17)23/h4-9,13H,2-3,10-11H2,1H3,(H,24,28)(H,25,27)(H,26,29). The van der Waals surface area contributed by atoms with Crippen LogP contribution in [0.3, 0.4) is 0 Å². The third-order valence-corrected chi connectivity index (χ3v) is 6.48. The first-order valence-corrected chi connectivity index (χ1v) is 11.6. The second-order valence-electron chi connectivity index (χ2n) is 7.48. The Balaban J connectivity index is 1.63. The van der Waals surface area contributed by atoms with E-state index < -0.39 is 33.6 Å². The maximum absolute atomic E-state index is 13.8. The predicted octanol–water partition coefficient (Wildman–Crippen LogP) is 2.05. The molecule has 2 aromatic carbocycles. The van der Waals surface area contributed by atoms with Gasteiger partial charge >= 0.3 is 11.8 Å². The van der Waals surface area contributed by atoms with Crippen molar-refractivity contribution < 1.29 is 27.2 Å². The molecular weight excluding hydrogens is 461 g/mol. The molecule has 1 saturated carbocycles. The van der Waals surface area contributed by atoms with Crippen LogP contribution < -0.4 is 15.4 Å². The summed E-state index contributed by atoms with van der Waals surface area (Å²) in [5.74, 6) is -3.32. The van der Waals surface area contributed by atoms with Crippen molar-refractivity contribution in [2.45, 2.75) is 31.2 Å². The third kappa shape index (κ3) is 6.04. The molecule has 0 radical (unpaired) electrons. The first-order valence-electron chi connectivity index (χ1n) is 9.74. The summed E-state index contributed by atoms with van der Waals surface area (Å²) in [4.78, 5) is 35.7. The van der Waals surface area contributed by atoms with E-state index in [0.717, 1.165) is 18.9 Å². The van der Waals surface area contributed by atoms with E-state index in [1.165, 1.54) is 30.3 Å². The van der Waals surface area contributed by atoms with E-state index in [0.29, 0.717) is 23.6 Å². The second-order valence-corrected chi connectivity index (χ2v) is 9.60. The highest BCUT2D eigenvalue weighted by Crippen LogP contribution is 2.27. The van der Waals surface area contributed by atoms with Gasteiger partial charge in [-0.3, -0.25) is 14.4 Å². The van der Waals surface area contributed by atoms with Crippen LogP contribution in [0.2, 0.25) is 5.02 Å². The average Bonchev–Trinajstić information content (AvgIpc) is 3.56. The van der Waals surface area contributed by atoms with Crippen LogP contribution in [0.15, 0.2) is 41.3 Å². The van der Waals surface area contributed by atoms with Crippen LogP contribution in [0.5, 0.6) is 0 Å². The number of carbonyl (C=O) groups excluding carboxylic acids is 3. The normalized spacial score (nSPS) is 13.3. The van der Waals surface area contributed by atoms with Gasteiger partial charge in [-0.05, 0) is 67.1 Å². The molecule has 3 amide bonds. The Labute approximate surface area is 189 Å². The van der Waals surface area contributed by atoms with Crippen molar-refractivity contribution >= 4 is 39.3 Å². The van der Waals surface area contributed by atoms with Crippen molar-refractivity contribution in [3.05, 3.63) is 63.9 Å². The number of rotatable bonds is 7. The average molecular weight is 482 g/mol. The number of amides is 3. The van der Waals surface area contributed by atoms with Crippen molar-refractivity contribution in [1.29, 1.82) is 0 Å². The lowest BCUT2D eigenvalue weighted by atomic mass is 10.1. The van der Waals surface area contributed by atoms with Crippen molar-refractivity contribution in [3.63, 3.8) is 0 Å². The van der Waals surface area contributed by atoms with Gasteiger partial charge in [0.2, 0.25) is 0 Å². The molecule has 0 atom stereocenters. The zero-order valence-electron chi connectivity index (χ0n) is 17.1. The van der Waals surface area contributed by atoms with E-state index in [-0.39, 0.29) is 22.0 Å². The summed E-state index contributed by atoms with van der Waals surface area (Å²) >= 11 is 5.79. The Morgan fingerprint density at radius 3 is 2.44 bits per heavy atom. The molecule has 0 unspecified atom stereocenters. The molecule has 1 fully saturated rings. The van der Waals surface area contributed by atoms with Crippen molar-refractivity contribution in [2.75, 3.05) is 6.54 Å². The van der Waals surface area contributed by atoms with Gasteiger partial charge in [0, 0.05) is 18.1 Å². The fourth-order valence-corrected chi connectivity index (χ4v) is 4.05. The number of hydrogen-bond acceptors (Lipinski definition) is 5. The number of halogens is 2. The molecule has 1 aliphatic rings. The quantitative estimate of drug-likeness (QED) is 0.522. The Hall–Kier alpha value is -2.98. The van der Waals surface area contributed by atoms with Crippen LogP contribution in [0.4, 0.5) is 4.39 Å². The molecule has 0 saturated heterocycles. The molecule has 170 valence electrons. The lowest BCUT2D eigenvalue weighted by molar-refractivity contribution is -0.138. The van der Waals surface area contributed by atoms with E-state index in [1.54, 1.807) is 11.6 Å². The van der Waals surface area contributed by atoms with Crippen LogP contribution in [0.1, 0.15) is 34.3 Å². The minimum Gasteiger partial charge on any atom is -0.348 e. The lowest BCUT2D eigenvalue weighted by Gasteiger charge is -2.12. The number of benzene rings is 2. The summed E-state index contributed by atoms with van der Waals surface area (Å²) in [6.45, 7) is 1.96. The molecule has 0 aromatic heterocycles. The smallest absolute Gasteiger partial charge is 0.322 e. The highest BCUT2D eigenvalue weighted by atomic mass is 35.5. The first-order chi connectivity index (χ1) is 15.1. The van der Waals surface area contributed by atoms with Gasteiger partial charge < -0.3 is 10.6 Å². The summed E-state index contributed by atoms with van der Waals surface area (Å²) in [5.41, 5.74) is 0.871. The topological polar surface area (TPSA) is 121 Å². The summed E-state index contributed by atoms with van der Waals surface area (Å²) in [6.07, 6.45) is 1.95. The summed E-state index contributed by atoms with van der Waals surface area (Å²) in [7, 11) is -4.26. The first kappa shape index (κ1) is 23.7. The fraction of sp³-hybridized carbons (Fsp3) is 0.286. The minimum atomic E-state index is -4.26. The third-order valence-electron chi connectivity index (χ3n) is 4.92. The molecule has 3 rings (SSSR count). The number of nitrogens with one attached hydrogen (secondary N) is 3. The van der Waals surface area contributed by atoms with E-state index in [4.69, 9.17) is 11.6 Å². The van der Waals surface area contributed by atoms with Gasteiger partial charge in [-0.1, -0.05) is 17.7 Å². The van der Waals surface area contributed by atoms with E-state index in [1.807, 2.05) is 0 Å². The van der Waals surface area contributed by atoms with Crippen molar-refractivity contribution in [2.24, 2.45) is 5.92 Å². The maximum Gasteiger partial charge on any atom is 0.322 e.